The maximum absolute atomic E-state index is 5.99. The normalized spacial score (nSPS) is 12.6. The Labute approximate surface area is 197 Å². The Morgan fingerprint density at radius 3 is 1.39 bits per heavy atom. The van der Waals surface area contributed by atoms with Crippen LogP contribution < -0.4 is 21.2 Å². The molecule has 0 aliphatic carbocycles. The van der Waals surface area contributed by atoms with Gasteiger partial charge in [0.05, 0.1) is 0 Å². The number of hydrogen-bond acceptors (Lipinski definition) is 3. The van der Waals surface area contributed by atoms with Crippen LogP contribution in [0.1, 0.15) is 5.56 Å². The van der Waals surface area contributed by atoms with E-state index in [1.165, 1.54) is 21.2 Å². The van der Waals surface area contributed by atoms with Crippen molar-refractivity contribution in [3.05, 3.63) is 121 Å². The molecule has 0 heterocycles. The monoisotopic (exact) mass is 456 g/mol. The van der Waals surface area contributed by atoms with Crippen molar-refractivity contribution in [2.75, 3.05) is 20.9 Å². The molecule has 168 valence electrons. The third-order valence-electron chi connectivity index (χ3n) is 6.56. The van der Waals surface area contributed by atoms with Gasteiger partial charge in [0.15, 0.2) is 0 Å². The van der Waals surface area contributed by atoms with Crippen molar-refractivity contribution in [2.45, 2.75) is 6.61 Å². The first-order valence-corrected chi connectivity index (χ1v) is 13.8. The van der Waals surface area contributed by atoms with Crippen LogP contribution in [0.2, 0.25) is 0 Å². The van der Waals surface area contributed by atoms with E-state index in [0.717, 1.165) is 5.56 Å². The number of hydrogen-bond donors (Lipinski definition) is 0. The quantitative estimate of drug-likeness (QED) is 0.278. The van der Waals surface area contributed by atoms with Gasteiger partial charge in [-0.15, -0.1) is 0 Å². The second kappa shape index (κ2) is 10.0. The van der Waals surface area contributed by atoms with E-state index in [0.29, 0.717) is 6.61 Å². The molecule has 5 heteroatoms. The van der Waals surface area contributed by atoms with Crippen LogP contribution in [0.5, 0.6) is 0 Å². The Balaban J connectivity index is 2.08. The standard InChI is InChI=1S/C28H30BO3P/c1-30-29(31-2)32-23-24-15-13-14-22-28(24)33(3,25-16-7-4-8-17-25,26-18-9-5-10-19-26)27-20-11-6-12-21-27/h4-22H,23H2,1-3H3. The summed E-state index contributed by atoms with van der Waals surface area (Å²) in [5.74, 6) is 0. The van der Waals surface area contributed by atoms with Gasteiger partial charge < -0.3 is 0 Å². The maximum atomic E-state index is 5.99. The molecule has 0 spiro atoms. The van der Waals surface area contributed by atoms with Crippen LogP contribution in [0.25, 0.3) is 0 Å². The Morgan fingerprint density at radius 1 is 0.576 bits per heavy atom. The number of benzene rings is 4. The van der Waals surface area contributed by atoms with E-state index < -0.39 is 13.9 Å². The third-order valence-corrected chi connectivity index (χ3v) is 13.0. The molecule has 4 aromatic carbocycles. The van der Waals surface area contributed by atoms with Gasteiger partial charge in [-0.3, -0.25) is 0 Å². The van der Waals surface area contributed by atoms with Crippen molar-refractivity contribution < 1.29 is 14.0 Å². The molecule has 0 N–H and O–H groups in total. The summed E-state index contributed by atoms with van der Waals surface area (Å²) in [6.07, 6.45) is 0. The summed E-state index contributed by atoms with van der Waals surface area (Å²) < 4.78 is 16.6. The second-order valence-electron chi connectivity index (χ2n) is 8.27. The Kier molecular flexibility index (Phi) is 7.12. The van der Waals surface area contributed by atoms with E-state index in [2.05, 4.69) is 122 Å². The molecular weight excluding hydrogens is 426 g/mol. The van der Waals surface area contributed by atoms with Crippen LogP contribution in [-0.2, 0) is 20.6 Å². The zero-order valence-electron chi connectivity index (χ0n) is 19.4. The minimum atomic E-state index is -3.12. The average molecular weight is 456 g/mol. The summed E-state index contributed by atoms with van der Waals surface area (Å²) in [5, 5.41) is 5.20. The number of rotatable bonds is 9. The molecule has 0 saturated heterocycles. The second-order valence-corrected chi connectivity index (χ2v) is 13.4. The molecule has 3 nitrogen and oxygen atoms in total. The molecule has 4 rings (SSSR count). The van der Waals surface area contributed by atoms with Crippen molar-refractivity contribution in [1.82, 2.24) is 0 Å². The molecule has 0 radical (unpaired) electrons. The van der Waals surface area contributed by atoms with Gasteiger partial charge in [0.25, 0.3) is 0 Å². The molecule has 0 atom stereocenters. The fourth-order valence-electron chi connectivity index (χ4n) is 4.83. The van der Waals surface area contributed by atoms with Crippen LogP contribution in [0, 0.1) is 0 Å². The molecule has 0 amide bonds. The first kappa shape index (κ1) is 23.4. The summed E-state index contributed by atoms with van der Waals surface area (Å²) in [6, 6.07) is 41.3. The van der Waals surface area contributed by atoms with Gasteiger partial charge in [0.1, 0.15) is 0 Å². The van der Waals surface area contributed by atoms with Gasteiger partial charge in [0, 0.05) is 0 Å². The van der Waals surface area contributed by atoms with Gasteiger partial charge in [-0.05, 0) is 0 Å². The van der Waals surface area contributed by atoms with Gasteiger partial charge in [-0.25, -0.2) is 0 Å². The van der Waals surface area contributed by atoms with E-state index in [1.54, 1.807) is 14.2 Å². The first-order chi connectivity index (χ1) is 16.1. The van der Waals surface area contributed by atoms with E-state index >= 15 is 0 Å². The van der Waals surface area contributed by atoms with Gasteiger partial charge in [-0.2, -0.15) is 0 Å². The summed E-state index contributed by atoms with van der Waals surface area (Å²) in [6.45, 7) is -0.296. The zero-order valence-corrected chi connectivity index (χ0v) is 20.3. The van der Waals surface area contributed by atoms with Crippen molar-refractivity contribution in [3.8, 4) is 0 Å². The minimum absolute atomic E-state index is 0.376. The molecule has 0 fully saturated rings. The first-order valence-electron chi connectivity index (χ1n) is 11.1. The van der Waals surface area contributed by atoms with Gasteiger partial charge in [0.2, 0.25) is 0 Å². The summed E-state index contributed by atoms with van der Waals surface area (Å²) >= 11 is 0. The third kappa shape index (κ3) is 4.05. The van der Waals surface area contributed by atoms with E-state index in [-0.39, 0.29) is 0 Å². The van der Waals surface area contributed by atoms with E-state index in [1.807, 2.05) is 0 Å². The Hall–Kier alpha value is -2.75. The Morgan fingerprint density at radius 2 is 0.970 bits per heavy atom. The topological polar surface area (TPSA) is 27.7 Å². The van der Waals surface area contributed by atoms with E-state index in [4.69, 9.17) is 14.0 Å². The zero-order chi connectivity index (χ0) is 23.2. The molecule has 0 saturated carbocycles. The summed E-state index contributed by atoms with van der Waals surface area (Å²) in [7, 11) is 2.45. The fourth-order valence-corrected chi connectivity index (χ4v) is 10.6. The predicted octanol–water partition coefficient (Wildman–Crippen LogP) is 4.27. The van der Waals surface area contributed by atoms with Crippen LogP contribution in [0.3, 0.4) is 0 Å². The van der Waals surface area contributed by atoms with Crippen LogP contribution in [0.15, 0.2) is 115 Å². The van der Waals surface area contributed by atoms with Gasteiger partial charge in [-0.1, -0.05) is 0 Å². The molecule has 0 aliphatic rings. The summed E-state index contributed by atoms with van der Waals surface area (Å²) in [4.78, 5) is 0. The average Bonchev–Trinajstić information content (AvgIpc) is 2.91. The fraction of sp³-hybridized carbons (Fsp3) is 0.143. The molecular formula is C28H30BO3P. The van der Waals surface area contributed by atoms with Crippen molar-refractivity contribution >= 4 is 35.1 Å². The van der Waals surface area contributed by atoms with Gasteiger partial charge >= 0.3 is 197 Å². The predicted molar refractivity (Wildman–Crippen MR) is 142 cm³/mol. The molecule has 0 aliphatic heterocycles. The van der Waals surface area contributed by atoms with Crippen LogP contribution in [0.4, 0.5) is 0 Å². The Bertz CT molecular complexity index is 1070. The molecule has 33 heavy (non-hydrogen) atoms. The molecule has 0 bridgehead atoms. The summed E-state index contributed by atoms with van der Waals surface area (Å²) in [5.41, 5.74) is 1.12. The van der Waals surface area contributed by atoms with Crippen LogP contribution in [-0.4, -0.2) is 28.2 Å². The van der Waals surface area contributed by atoms with Crippen molar-refractivity contribution in [1.29, 1.82) is 0 Å². The van der Waals surface area contributed by atoms with Crippen molar-refractivity contribution in [2.24, 2.45) is 0 Å². The molecule has 4 aromatic rings. The van der Waals surface area contributed by atoms with E-state index in [9.17, 15) is 0 Å². The SMILES string of the molecule is COB(OC)OCc1ccccc1P(C)(c1ccccc1)(c1ccccc1)c1ccccc1. The van der Waals surface area contributed by atoms with Crippen LogP contribution >= 0.6 is 6.60 Å². The van der Waals surface area contributed by atoms with Crippen molar-refractivity contribution in [3.63, 3.8) is 0 Å². The molecule has 0 unspecified atom stereocenters. The molecule has 0 aromatic heterocycles.